The van der Waals surface area contributed by atoms with Crippen molar-refractivity contribution in [3.8, 4) is 5.75 Å². The van der Waals surface area contributed by atoms with Crippen LogP contribution < -0.4 is 4.74 Å². The van der Waals surface area contributed by atoms with Crippen LogP contribution in [0.3, 0.4) is 0 Å². The number of fused-ring (bicyclic) bond motifs is 1. The Hall–Kier alpha value is -1.81. The Labute approximate surface area is 138 Å². The van der Waals surface area contributed by atoms with Crippen LogP contribution in [0.4, 0.5) is 0 Å². The molecule has 4 nitrogen and oxygen atoms in total. The Morgan fingerprint density at radius 3 is 2.83 bits per heavy atom. The SMILES string of the molecule is COc1ccc2c(c1)c(C=O)c(C)n2CCCN1CCCC1C. The van der Waals surface area contributed by atoms with Crippen molar-refractivity contribution in [3.05, 3.63) is 29.5 Å². The minimum atomic E-state index is 0.715. The Balaban J connectivity index is 1.82. The zero-order valence-corrected chi connectivity index (χ0v) is 14.3. The van der Waals surface area contributed by atoms with Gasteiger partial charge in [0.25, 0.3) is 0 Å². The molecule has 1 aliphatic rings. The van der Waals surface area contributed by atoms with Crippen molar-refractivity contribution in [2.24, 2.45) is 0 Å². The lowest BCUT2D eigenvalue weighted by Gasteiger charge is -2.21. The van der Waals surface area contributed by atoms with E-state index in [0.717, 1.165) is 53.7 Å². The number of likely N-dealkylation sites (tertiary alicyclic amines) is 1. The molecular weight excluding hydrogens is 288 g/mol. The fourth-order valence-electron chi connectivity index (χ4n) is 3.81. The van der Waals surface area contributed by atoms with Crippen LogP contribution in [0.5, 0.6) is 5.75 Å². The number of aromatic nitrogens is 1. The zero-order chi connectivity index (χ0) is 16.4. The van der Waals surface area contributed by atoms with E-state index in [4.69, 9.17) is 4.74 Å². The molecule has 4 heteroatoms. The number of hydrogen-bond donors (Lipinski definition) is 0. The summed E-state index contributed by atoms with van der Waals surface area (Å²) in [4.78, 5) is 14.1. The van der Waals surface area contributed by atoms with Crippen molar-refractivity contribution < 1.29 is 9.53 Å². The monoisotopic (exact) mass is 314 g/mol. The first-order valence-electron chi connectivity index (χ1n) is 8.51. The molecule has 124 valence electrons. The molecule has 0 aliphatic carbocycles. The molecule has 0 spiro atoms. The van der Waals surface area contributed by atoms with Crippen LogP contribution in [-0.4, -0.2) is 42.0 Å². The fourth-order valence-corrected chi connectivity index (χ4v) is 3.81. The summed E-state index contributed by atoms with van der Waals surface area (Å²) < 4.78 is 7.58. The van der Waals surface area contributed by atoms with E-state index in [9.17, 15) is 4.79 Å². The van der Waals surface area contributed by atoms with Gasteiger partial charge in [0.2, 0.25) is 0 Å². The summed E-state index contributed by atoms with van der Waals surface area (Å²) in [6, 6.07) is 6.71. The van der Waals surface area contributed by atoms with Crippen LogP contribution in [-0.2, 0) is 6.54 Å². The van der Waals surface area contributed by atoms with Crippen LogP contribution in [0, 0.1) is 6.92 Å². The van der Waals surface area contributed by atoms with Gasteiger partial charge in [0, 0.05) is 41.3 Å². The highest BCUT2D eigenvalue weighted by molar-refractivity contribution is 6.00. The van der Waals surface area contributed by atoms with Crippen LogP contribution >= 0.6 is 0 Å². The second-order valence-corrected chi connectivity index (χ2v) is 6.53. The molecule has 1 atom stereocenters. The summed E-state index contributed by atoms with van der Waals surface area (Å²) in [5, 5.41) is 0.992. The van der Waals surface area contributed by atoms with E-state index in [-0.39, 0.29) is 0 Å². The highest BCUT2D eigenvalue weighted by atomic mass is 16.5. The van der Waals surface area contributed by atoms with Gasteiger partial charge in [-0.05, 0) is 57.9 Å². The number of carbonyl (C=O) groups excluding carboxylic acids is 1. The van der Waals surface area contributed by atoms with E-state index in [1.807, 2.05) is 19.1 Å². The molecule has 3 rings (SSSR count). The van der Waals surface area contributed by atoms with Crippen LogP contribution in [0.25, 0.3) is 10.9 Å². The van der Waals surface area contributed by atoms with Gasteiger partial charge in [0.05, 0.1) is 7.11 Å². The quantitative estimate of drug-likeness (QED) is 0.763. The highest BCUT2D eigenvalue weighted by Gasteiger charge is 2.20. The standard InChI is InChI=1S/C19H26N2O2/c1-14-6-4-9-20(14)10-5-11-21-15(2)18(13-22)17-12-16(23-3)7-8-19(17)21/h7-8,12-14H,4-6,9-11H2,1-3H3. The number of benzene rings is 1. The first-order chi connectivity index (χ1) is 11.2. The smallest absolute Gasteiger partial charge is 0.152 e. The van der Waals surface area contributed by atoms with E-state index in [1.165, 1.54) is 19.4 Å². The molecule has 1 saturated heterocycles. The van der Waals surface area contributed by atoms with Crippen molar-refractivity contribution in [1.82, 2.24) is 9.47 Å². The van der Waals surface area contributed by atoms with Gasteiger partial charge < -0.3 is 14.2 Å². The maximum Gasteiger partial charge on any atom is 0.152 e. The third-order valence-corrected chi connectivity index (χ3v) is 5.21. The number of aldehydes is 1. The number of nitrogens with zero attached hydrogens (tertiary/aromatic N) is 2. The predicted octanol–water partition coefficient (Wildman–Crippen LogP) is 3.65. The normalized spacial score (nSPS) is 18.7. The molecule has 1 aromatic heterocycles. The summed E-state index contributed by atoms with van der Waals surface area (Å²) in [6.07, 6.45) is 4.72. The molecule has 1 unspecified atom stereocenters. The van der Waals surface area contributed by atoms with E-state index in [2.05, 4.69) is 22.5 Å². The topological polar surface area (TPSA) is 34.5 Å². The zero-order valence-electron chi connectivity index (χ0n) is 14.3. The molecule has 2 heterocycles. The maximum atomic E-state index is 11.5. The number of hydrogen-bond acceptors (Lipinski definition) is 3. The van der Waals surface area contributed by atoms with Crippen LogP contribution in [0.15, 0.2) is 18.2 Å². The minimum Gasteiger partial charge on any atom is -0.497 e. The van der Waals surface area contributed by atoms with Crippen LogP contribution in [0.1, 0.15) is 42.2 Å². The average molecular weight is 314 g/mol. The fraction of sp³-hybridized carbons (Fsp3) is 0.526. The lowest BCUT2D eigenvalue weighted by atomic mass is 10.1. The number of rotatable bonds is 6. The predicted molar refractivity (Wildman–Crippen MR) is 93.5 cm³/mol. The molecule has 0 bridgehead atoms. The first kappa shape index (κ1) is 16.1. The number of methoxy groups -OCH3 is 1. The Bertz CT molecular complexity index is 705. The molecule has 0 N–H and O–H groups in total. The van der Waals surface area contributed by atoms with Gasteiger partial charge in [-0.1, -0.05) is 0 Å². The number of ether oxygens (including phenoxy) is 1. The summed E-state index contributed by atoms with van der Waals surface area (Å²) in [7, 11) is 1.66. The van der Waals surface area contributed by atoms with E-state index in [1.54, 1.807) is 7.11 Å². The second kappa shape index (κ2) is 6.75. The molecule has 1 aliphatic heterocycles. The lowest BCUT2D eigenvalue weighted by Crippen LogP contribution is -2.28. The molecule has 2 aromatic rings. The molecular formula is C19H26N2O2. The summed E-state index contributed by atoms with van der Waals surface area (Å²) in [5.41, 5.74) is 2.96. The van der Waals surface area contributed by atoms with Crippen molar-refractivity contribution in [3.63, 3.8) is 0 Å². The van der Waals surface area contributed by atoms with Crippen molar-refractivity contribution >= 4 is 17.2 Å². The van der Waals surface area contributed by atoms with Crippen molar-refractivity contribution in [1.29, 1.82) is 0 Å². The number of aryl methyl sites for hydroxylation is 1. The average Bonchev–Trinajstić information content (AvgIpc) is 3.08. The summed E-state index contributed by atoms with van der Waals surface area (Å²) in [6.45, 7) is 7.66. The first-order valence-corrected chi connectivity index (χ1v) is 8.51. The Morgan fingerprint density at radius 2 is 2.17 bits per heavy atom. The van der Waals surface area contributed by atoms with Crippen LogP contribution in [0.2, 0.25) is 0 Å². The third-order valence-electron chi connectivity index (χ3n) is 5.21. The summed E-state index contributed by atoms with van der Waals surface area (Å²) in [5.74, 6) is 0.795. The molecule has 1 aromatic carbocycles. The molecule has 0 amide bonds. The maximum absolute atomic E-state index is 11.5. The molecule has 0 radical (unpaired) electrons. The van der Waals surface area contributed by atoms with Gasteiger partial charge >= 0.3 is 0 Å². The molecule has 23 heavy (non-hydrogen) atoms. The summed E-state index contributed by atoms with van der Waals surface area (Å²) >= 11 is 0. The van der Waals surface area contributed by atoms with Crippen molar-refractivity contribution in [2.75, 3.05) is 20.2 Å². The molecule has 1 fully saturated rings. The van der Waals surface area contributed by atoms with E-state index < -0.39 is 0 Å². The number of carbonyl (C=O) groups is 1. The second-order valence-electron chi connectivity index (χ2n) is 6.53. The van der Waals surface area contributed by atoms with E-state index in [0.29, 0.717) is 6.04 Å². The Morgan fingerprint density at radius 1 is 1.35 bits per heavy atom. The largest absolute Gasteiger partial charge is 0.497 e. The molecule has 0 saturated carbocycles. The van der Waals surface area contributed by atoms with Gasteiger partial charge in [0.1, 0.15) is 5.75 Å². The third kappa shape index (κ3) is 3.00. The van der Waals surface area contributed by atoms with E-state index >= 15 is 0 Å². The van der Waals surface area contributed by atoms with Crippen molar-refractivity contribution in [2.45, 2.75) is 45.7 Å². The van der Waals surface area contributed by atoms with Gasteiger partial charge in [-0.3, -0.25) is 4.79 Å². The van der Waals surface area contributed by atoms with Gasteiger partial charge in [-0.2, -0.15) is 0 Å². The van der Waals surface area contributed by atoms with Gasteiger partial charge in [-0.15, -0.1) is 0 Å². The highest BCUT2D eigenvalue weighted by Crippen LogP contribution is 2.28. The van der Waals surface area contributed by atoms with Gasteiger partial charge in [-0.25, -0.2) is 0 Å². The minimum absolute atomic E-state index is 0.715. The van der Waals surface area contributed by atoms with Gasteiger partial charge in [0.15, 0.2) is 6.29 Å². The Kier molecular flexibility index (Phi) is 4.71. The lowest BCUT2D eigenvalue weighted by molar-refractivity contribution is 0.112.